The molecule has 1 aliphatic carbocycles. The Balaban J connectivity index is 1.81. The maximum Gasteiger partial charge on any atom is 0.136 e. The molecule has 1 aliphatic rings. The SMILES string of the molecule is CC1CCC1C(=O)CCc1ccccc1. The fourth-order valence-corrected chi connectivity index (χ4v) is 2.24. The third-order valence-electron chi connectivity index (χ3n) is 3.54. The minimum Gasteiger partial charge on any atom is -0.299 e. The molecule has 0 spiro atoms. The minimum absolute atomic E-state index is 0.369. The van der Waals surface area contributed by atoms with E-state index in [0.717, 1.165) is 19.3 Å². The van der Waals surface area contributed by atoms with Crippen molar-refractivity contribution in [3.63, 3.8) is 0 Å². The van der Waals surface area contributed by atoms with Gasteiger partial charge in [0.05, 0.1) is 0 Å². The van der Waals surface area contributed by atoms with Crippen LogP contribution in [0.4, 0.5) is 0 Å². The lowest BCUT2D eigenvalue weighted by atomic mass is 9.71. The highest BCUT2D eigenvalue weighted by Crippen LogP contribution is 2.35. The van der Waals surface area contributed by atoms with E-state index in [4.69, 9.17) is 0 Å². The molecule has 1 nitrogen and oxygen atoms in total. The summed E-state index contributed by atoms with van der Waals surface area (Å²) in [4.78, 5) is 11.8. The van der Waals surface area contributed by atoms with Crippen molar-refractivity contribution >= 4 is 5.78 Å². The van der Waals surface area contributed by atoms with Crippen molar-refractivity contribution in [3.05, 3.63) is 35.9 Å². The molecule has 0 aliphatic heterocycles. The average Bonchev–Trinajstić information content (AvgIpc) is 2.26. The second kappa shape index (κ2) is 4.61. The molecule has 15 heavy (non-hydrogen) atoms. The van der Waals surface area contributed by atoms with Gasteiger partial charge in [0.15, 0.2) is 0 Å². The highest BCUT2D eigenvalue weighted by molar-refractivity contribution is 5.82. The third-order valence-corrected chi connectivity index (χ3v) is 3.54. The Kier molecular flexibility index (Phi) is 3.20. The van der Waals surface area contributed by atoms with Gasteiger partial charge in [0, 0.05) is 12.3 Å². The molecule has 80 valence electrons. The highest BCUT2D eigenvalue weighted by Gasteiger charge is 2.31. The average molecular weight is 202 g/mol. The number of rotatable bonds is 4. The second-order valence-corrected chi connectivity index (χ2v) is 4.61. The molecular formula is C14H18O. The predicted octanol–water partition coefficient (Wildman–Crippen LogP) is 3.23. The summed E-state index contributed by atoms with van der Waals surface area (Å²) in [5, 5.41) is 0. The van der Waals surface area contributed by atoms with E-state index in [-0.39, 0.29) is 0 Å². The Labute approximate surface area is 91.5 Å². The molecule has 1 fully saturated rings. The van der Waals surface area contributed by atoms with Gasteiger partial charge in [-0.25, -0.2) is 0 Å². The zero-order valence-corrected chi connectivity index (χ0v) is 9.28. The number of aryl methyl sites for hydroxylation is 1. The van der Waals surface area contributed by atoms with Crippen LogP contribution in [-0.2, 0) is 11.2 Å². The van der Waals surface area contributed by atoms with Crippen LogP contribution in [0.5, 0.6) is 0 Å². The van der Waals surface area contributed by atoms with Gasteiger partial charge >= 0.3 is 0 Å². The Morgan fingerprint density at radius 3 is 2.53 bits per heavy atom. The van der Waals surface area contributed by atoms with E-state index in [9.17, 15) is 4.79 Å². The normalized spacial score (nSPS) is 24.6. The molecule has 0 radical (unpaired) electrons. The van der Waals surface area contributed by atoms with Gasteiger partial charge < -0.3 is 0 Å². The summed E-state index contributed by atoms with van der Waals surface area (Å²) >= 11 is 0. The van der Waals surface area contributed by atoms with E-state index in [2.05, 4.69) is 19.1 Å². The lowest BCUT2D eigenvalue weighted by Crippen LogP contribution is -2.30. The van der Waals surface area contributed by atoms with Crippen molar-refractivity contribution in [2.45, 2.75) is 32.6 Å². The molecule has 1 aromatic rings. The first-order valence-electron chi connectivity index (χ1n) is 5.84. The van der Waals surface area contributed by atoms with Crippen LogP contribution >= 0.6 is 0 Å². The highest BCUT2D eigenvalue weighted by atomic mass is 16.1. The molecule has 0 N–H and O–H groups in total. The van der Waals surface area contributed by atoms with Gasteiger partial charge in [0.2, 0.25) is 0 Å². The fourth-order valence-electron chi connectivity index (χ4n) is 2.24. The maximum atomic E-state index is 11.8. The summed E-state index contributed by atoms with van der Waals surface area (Å²) in [6.07, 6.45) is 3.98. The number of Topliss-reactive ketones (excluding diaryl/α,β-unsaturated/α-hetero) is 1. The molecule has 0 aromatic heterocycles. The third kappa shape index (κ3) is 2.47. The topological polar surface area (TPSA) is 17.1 Å². The van der Waals surface area contributed by atoms with Crippen LogP contribution in [-0.4, -0.2) is 5.78 Å². The summed E-state index contributed by atoms with van der Waals surface area (Å²) in [5.41, 5.74) is 1.28. The monoisotopic (exact) mass is 202 g/mol. The summed E-state index contributed by atoms with van der Waals surface area (Å²) in [5.74, 6) is 1.47. The number of carbonyl (C=O) groups is 1. The predicted molar refractivity (Wildman–Crippen MR) is 61.7 cm³/mol. The van der Waals surface area contributed by atoms with Gasteiger partial charge in [-0.3, -0.25) is 4.79 Å². The van der Waals surface area contributed by atoms with Crippen LogP contribution in [0, 0.1) is 11.8 Å². The lowest BCUT2D eigenvalue weighted by Gasteiger charge is -2.32. The van der Waals surface area contributed by atoms with Gasteiger partial charge in [0.25, 0.3) is 0 Å². The van der Waals surface area contributed by atoms with Crippen LogP contribution in [0.25, 0.3) is 0 Å². The maximum absolute atomic E-state index is 11.8. The first kappa shape index (κ1) is 10.4. The molecule has 2 unspecified atom stereocenters. The van der Waals surface area contributed by atoms with Crippen molar-refractivity contribution in [1.82, 2.24) is 0 Å². The number of benzene rings is 1. The van der Waals surface area contributed by atoms with Gasteiger partial charge in [-0.1, -0.05) is 37.3 Å². The largest absolute Gasteiger partial charge is 0.299 e. The van der Waals surface area contributed by atoms with Gasteiger partial charge in [-0.2, -0.15) is 0 Å². The fraction of sp³-hybridized carbons (Fsp3) is 0.500. The summed E-state index contributed by atoms with van der Waals surface area (Å²) in [7, 11) is 0. The van der Waals surface area contributed by atoms with Gasteiger partial charge in [0.1, 0.15) is 5.78 Å². The van der Waals surface area contributed by atoms with Crippen LogP contribution in [0.2, 0.25) is 0 Å². The Bertz CT molecular complexity index is 328. The smallest absolute Gasteiger partial charge is 0.136 e. The molecule has 0 amide bonds. The van der Waals surface area contributed by atoms with Crippen LogP contribution in [0.1, 0.15) is 31.7 Å². The zero-order chi connectivity index (χ0) is 10.7. The first-order valence-corrected chi connectivity index (χ1v) is 5.84. The molecule has 1 saturated carbocycles. The van der Waals surface area contributed by atoms with Crippen molar-refractivity contribution in [1.29, 1.82) is 0 Å². The Morgan fingerprint density at radius 1 is 1.27 bits per heavy atom. The van der Waals surface area contributed by atoms with Crippen molar-refractivity contribution in [3.8, 4) is 0 Å². The van der Waals surface area contributed by atoms with E-state index in [1.807, 2.05) is 18.2 Å². The molecular weight excluding hydrogens is 184 g/mol. The molecule has 1 heteroatoms. The van der Waals surface area contributed by atoms with E-state index >= 15 is 0 Å². The van der Waals surface area contributed by atoms with Crippen molar-refractivity contribution in [2.75, 3.05) is 0 Å². The van der Waals surface area contributed by atoms with Crippen LogP contribution in [0.15, 0.2) is 30.3 Å². The van der Waals surface area contributed by atoms with E-state index < -0.39 is 0 Å². The van der Waals surface area contributed by atoms with Crippen LogP contribution in [0.3, 0.4) is 0 Å². The summed E-state index contributed by atoms with van der Waals surface area (Å²) in [6.45, 7) is 2.19. The van der Waals surface area contributed by atoms with E-state index in [1.54, 1.807) is 0 Å². The number of hydrogen-bond donors (Lipinski definition) is 0. The first-order chi connectivity index (χ1) is 7.27. The molecule has 2 rings (SSSR count). The summed E-state index contributed by atoms with van der Waals surface area (Å²) in [6, 6.07) is 10.3. The molecule has 0 heterocycles. The lowest BCUT2D eigenvalue weighted by molar-refractivity contribution is -0.127. The van der Waals surface area contributed by atoms with Gasteiger partial charge in [-0.15, -0.1) is 0 Å². The second-order valence-electron chi connectivity index (χ2n) is 4.61. The van der Waals surface area contributed by atoms with Crippen molar-refractivity contribution in [2.24, 2.45) is 11.8 Å². The van der Waals surface area contributed by atoms with Crippen molar-refractivity contribution < 1.29 is 4.79 Å². The minimum atomic E-state index is 0.369. The molecule has 1 aromatic carbocycles. The Hall–Kier alpha value is -1.11. The Morgan fingerprint density at radius 2 is 2.00 bits per heavy atom. The quantitative estimate of drug-likeness (QED) is 0.732. The standard InChI is InChI=1S/C14H18O/c1-11-7-9-13(11)14(15)10-8-12-5-3-2-4-6-12/h2-6,11,13H,7-10H2,1H3. The van der Waals surface area contributed by atoms with E-state index in [1.165, 1.54) is 12.0 Å². The number of ketones is 1. The molecule has 2 atom stereocenters. The summed E-state index contributed by atoms with van der Waals surface area (Å²) < 4.78 is 0. The molecule has 0 bridgehead atoms. The molecule has 0 saturated heterocycles. The zero-order valence-electron chi connectivity index (χ0n) is 9.28. The van der Waals surface area contributed by atoms with Crippen LogP contribution < -0.4 is 0 Å². The number of carbonyl (C=O) groups excluding carboxylic acids is 1. The number of hydrogen-bond acceptors (Lipinski definition) is 1. The van der Waals surface area contributed by atoms with Gasteiger partial charge in [-0.05, 0) is 30.7 Å². The van der Waals surface area contributed by atoms with E-state index in [0.29, 0.717) is 17.6 Å².